The minimum Gasteiger partial charge on any atom is -0.293 e. The Hall–Kier alpha value is -1.14. The van der Waals surface area contributed by atoms with Crippen molar-refractivity contribution in [2.24, 2.45) is 0 Å². The van der Waals surface area contributed by atoms with E-state index in [0.29, 0.717) is 15.8 Å². The fraction of sp³-hybridized carbons (Fsp3) is 0.364. The van der Waals surface area contributed by atoms with E-state index in [0.717, 1.165) is 12.1 Å². The fourth-order valence-electron chi connectivity index (χ4n) is 1.55. The lowest BCUT2D eigenvalue weighted by Gasteiger charge is -2.09. The number of hydrogen-bond acceptors (Lipinski definition) is 4. The van der Waals surface area contributed by atoms with Crippen LogP contribution in [-0.4, -0.2) is 31.5 Å². The number of carbonyl (C=O) groups is 1. The van der Waals surface area contributed by atoms with Crippen LogP contribution in [0.4, 0.5) is 0 Å². The van der Waals surface area contributed by atoms with Crippen LogP contribution in [0.3, 0.4) is 0 Å². The SMILES string of the molecule is CCN1C(=O)/C(=C/c2cnn(CC)c2)SC1=S. The maximum Gasteiger partial charge on any atom is 0.266 e. The number of amides is 1. The van der Waals surface area contributed by atoms with Gasteiger partial charge in [0.1, 0.15) is 4.32 Å². The number of aromatic nitrogens is 2. The summed E-state index contributed by atoms with van der Waals surface area (Å²) in [7, 11) is 0. The van der Waals surface area contributed by atoms with Gasteiger partial charge in [-0.1, -0.05) is 24.0 Å². The van der Waals surface area contributed by atoms with Gasteiger partial charge in [0, 0.05) is 24.8 Å². The van der Waals surface area contributed by atoms with Gasteiger partial charge in [0.2, 0.25) is 0 Å². The van der Waals surface area contributed by atoms with Gasteiger partial charge in [0.15, 0.2) is 0 Å². The van der Waals surface area contributed by atoms with Crippen LogP contribution >= 0.6 is 24.0 Å². The van der Waals surface area contributed by atoms with Crippen molar-refractivity contribution in [3.63, 3.8) is 0 Å². The van der Waals surface area contributed by atoms with Gasteiger partial charge in [-0.2, -0.15) is 5.10 Å². The van der Waals surface area contributed by atoms with Crippen molar-refractivity contribution in [1.29, 1.82) is 0 Å². The highest BCUT2D eigenvalue weighted by Gasteiger charge is 2.30. The number of likely N-dealkylation sites (N-methyl/N-ethyl adjacent to an activating group) is 1. The summed E-state index contributed by atoms with van der Waals surface area (Å²) in [5.41, 5.74) is 0.934. The molecule has 0 aromatic carbocycles. The summed E-state index contributed by atoms with van der Waals surface area (Å²) < 4.78 is 2.46. The number of carbonyl (C=O) groups excluding carboxylic acids is 1. The molecule has 2 heterocycles. The summed E-state index contributed by atoms with van der Waals surface area (Å²) >= 11 is 6.49. The average Bonchev–Trinajstić information content (AvgIpc) is 2.86. The molecule has 0 bridgehead atoms. The van der Waals surface area contributed by atoms with Gasteiger partial charge in [-0.25, -0.2) is 0 Å². The van der Waals surface area contributed by atoms with E-state index in [1.807, 2.05) is 30.8 Å². The molecule has 0 unspecified atom stereocenters. The molecular formula is C11H13N3OS2. The Morgan fingerprint density at radius 2 is 2.24 bits per heavy atom. The molecule has 0 radical (unpaired) electrons. The molecule has 4 nitrogen and oxygen atoms in total. The van der Waals surface area contributed by atoms with E-state index >= 15 is 0 Å². The zero-order valence-corrected chi connectivity index (χ0v) is 11.3. The molecular weight excluding hydrogens is 254 g/mol. The third-order valence-corrected chi connectivity index (χ3v) is 3.84. The molecule has 2 rings (SSSR count). The maximum atomic E-state index is 11.9. The van der Waals surface area contributed by atoms with Gasteiger partial charge in [-0.05, 0) is 19.9 Å². The molecule has 0 N–H and O–H groups in total. The number of nitrogens with zero attached hydrogens (tertiary/aromatic N) is 3. The van der Waals surface area contributed by atoms with Gasteiger partial charge >= 0.3 is 0 Å². The number of aryl methyl sites for hydroxylation is 1. The van der Waals surface area contributed by atoms with Crippen LogP contribution in [0.15, 0.2) is 17.3 Å². The van der Waals surface area contributed by atoms with Crippen LogP contribution in [0.25, 0.3) is 6.08 Å². The molecule has 1 aliphatic rings. The quantitative estimate of drug-likeness (QED) is 0.621. The van der Waals surface area contributed by atoms with Crippen molar-refractivity contribution < 1.29 is 4.79 Å². The van der Waals surface area contributed by atoms with Crippen molar-refractivity contribution in [2.75, 3.05) is 6.54 Å². The lowest BCUT2D eigenvalue weighted by Crippen LogP contribution is -2.27. The molecule has 0 atom stereocenters. The molecule has 90 valence electrons. The molecule has 1 saturated heterocycles. The highest BCUT2D eigenvalue weighted by atomic mass is 32.2. The smallest absolute Gasteiger partial charge is 0.266 e. The molecule has 1 amide bonds. The first-order chi connectivity index (χ1) is 8.15. The Kier molecular flexibility index (Phi) is 3.63. The van der Waals surface area contributed by atoms with Crippen molar-refractivity contribution in [1.82, 2.24) is 14.7 Å². The Balaban J connectivity index is 2.23. The lowest BCUT2D eigenvalue weighted by atomic mass is 10.3. The monoisotopic (exact) mass is 267 g/mol. The van der Waals surface area contributed by atoms with Gasteiger partial charge in [-0.3, -0.25) is 14.4 Å². The first kappa shape index (κ1) is 12.3. The Morgan fingerprint density at radius 3 is 2.76 bits per heavy atom. The first-order valence-electron chi connectivity index (χ1n) is 5.43. The maximum absolute atomic E-state index is 11.9. The van der Waals surface area contributed by atoms with E-state index < -0.39 is 0 Å². The molecule has 1 fully saturated rings. The average molecular weight is 267 g/mol. The van der Waals surface area contributed by atoms with Crippen molar-refractivity contribution in [3.05, 3.63) is 22.9 Å². The molecule has 6 heteroatoms. The normalized spacial score (nSPS) is 18.5. The third kappa shape index (κ3) is 2.42. The number of thioether (sulfide) groups is 1. The minimum absolute atomic E-state index is 0.00764. The van der Waals surface area contributed by atoms with Crippen LogP contribution in [0.1, 0.15) is 19.4 Å². The van der Waals surface area contributed by atoms with E-state index in [1.54, 1.807) is 11.1 Å². The van der Waals surface area contributed by atoms with Crippen LogP contribution in [0.5, 0.6) is 0 Å². The second kappa shape index (κ2) is 5.01. The zero-order chi connectivity index (χ0) is 12.4. The van der Waals surface area contributed by atoms with Gasteiger partial charge in [-0.15, -0.1) is 0 Å². The zero-order valence-electron chi connectivity index (χ0n) is 9.71. The van der Waals surface area contributed by atoms with E-state index in [4.69, 9.17) is 12.2 Å². The third-order valence-electron chi connectivity index (χ3n) is 2.46. The second-order valence-corrected chi connectivity index (χ2v) is 5.23. The Labute approximate surface area is 110 Å². The first-order valence-corrected chi connectivity index (χ1v) is 6.66. The Bertz CT molecular complexity index is 493. The molecule has 17 heavy (non-hydrogen) atoms. The van der Waals surface area contributed by atoms with Crippen molar-refractivity contribution in [3.8, 4) is 0 Å². The van der Waals surface area contributed by atoms with Crippen molar-refractivity contribution >= 4 is 40.3 Å². The van der Waals surface area contributed by atoms with Crippen LogP contribution in [0.2, 0.25) is 0 Å². The Morgan fingerprint density at radius 1 is 1.47 bits per heavy atom. The van der Waals surface area contributed by atoms with Gasteiger partial charge < -0.3 is 0 Å². The van der Waals surface area contributed by atoms with Crippen LogP contribution < -0.4 is 0 Å². The summed E-state index contributed by atoms with van der Waals surface area (Å²) in [6.45, 7) is 5.39. The summed E-state index contributed by atoms with van der Waals surface area (Å²) in [4.78, 5) is 14.2. The lowest BCUT2D eigenvalue weighted by molar-refractivity contribution is -0.121. The molecule has 0 saturated carbocycles. The highest BCUT2D eigenvalue weighted by molar-refractivity contribution is 8.26. The largest absolute Gasteiger partial charge is 0.293 e. The molecule has 1 aliphatic heterocycles. The number of thiocarbonyl (C=S) groups is 1. The second-order valence-electron chi connectivity index (χ2n) is 3.56. The summed E-state index contributed by atoms with van der Waals surface area (Å²) in [5, 5.41) is 4.17. The van der Waals surface area contributed by atoms with E-state index in [1.165, 1.54) is 11.8 Å². The van der Waals surface area contributed by atoms with Crippen LogP contribution in [-0.2, 0) is 11.3 Å². The van der Waals surface area contributed by atoms with E-state index in [9.17, 15) is 4.79 Å². The predicted octanol–water partition coefficient (Wildman–Crippen LogP) is 2.12. The minimum atomic E-state index is -0.00764. The van der Waals surface area contributed by atoms with Crippen LogP contribution in [0, 0.1) is 0 Å². The summed E-state index contributed by atoms with van der Waals surface area (Å²) in [6, 6.07) is 0. The topological polar surface area (TPSA) is 38.1 Å². The molecule has 0 aliphatic carbocycles. The van der Waals surface area contributed by atoms with Gasteiger partial charge in [0.25, 0.3) is 5.91 Å². The standard InChI is InChI=1S/C11H13N3OS2/c1-3-13-7-8(6-12-13)5-9-10(15)14(4-2)11(16)17-9/h5-7H,3-4H2,1-2H3/b9-5-. The van der Waals surface area contributed by atoms with E-state index in [-0.39, 0.29) is 5.91 Å². The van der Waals surface area contributed by atoms with Crippen molar-refractivity contribution in [2.45, 2.75) is 20.4 Å². The number of hydrogen-bond donors (Lipinski definition) is 0. The van der Waals surface area contributed by atoms with E-state index in [2.05, 4.69) is 5.10 Å². The predicted molar refractivity (Wildman–Crippen MR) is 73.5 cm³/mol. The summed E-state index contributed by atoms with van der Waals surface area (Å²) in [5.74, 6) is -0.00764. The molecule has 0 spiro atoms. The summed E-state index contributed by atoms with van der Waals surface area (Å²) in [6.07, 6.45) is 5.51. The van der Waals surface area contributed by atoms with Gasteiger partial charge in [0.05, 0.1) is 11.1 Å². The molecule has 1 aromatic rings. The number of rotatable bonds is 3. The highest BCUT2D eigenvalue weighted by Crippen LogP contribution is 2.31. The fourth-order valence-corrected chi connectivity index (χ4v) is 2.94. The molecule has 1 aromatic heterocycles.